The third kappa shape index (κ3) is 4.13. The number of hydrogen-bond acceptors (Lipinski definition) is 2. The Hall–Kier alpha value is -1.35. The summed E-state index contributed by atoms with van der Waals surface area (Å²) in [4.78, 5) is 10.8. The van der Waals surface area contributed by atoms with Crippen molar-refractivity contribution in [3.8, 4) is 0 Å². The van der Waals surface area contributed by atoms with Gasteiger partial charge in [0.25, 0.3) is 0 Å². The van der Waals surface area contributed by atoms with Gasteiger partial charge < -0.3 is 11.1 Å². The molecule has 0 aliphatic carbocycles. The van der Waals surface area contributed by atoms with Crippen molar-refractivity contribution in [2.45, 2.75) is 26.3 Å². The second-order valence-electron chi connectivity index (χ2n) is 3.82. The van der Waals surface area contributed by atoms with E-state index < -0.39 is 0 Å². The highest BCUT2D eigenvalue weighted by Crippen LogP contribution is 2.03. The third-order valence-electron chi connectivity index (χ3n) is 2.37. The summed E-state index contributed by atoms with van der Waals surface area (Å²) in [6.07, 6.45) is 0.916. The minimum Gasteiger partial charge on any atom is -0.368 e. The van der Waals surface area contributed by atoms with Crippen molar-refractivity contribution in [1.29, 1.82) is 0 Å². The number of carbonyl (C=O) groups excluding carboxylic acids is 1. The molecule has 0 radical (unpaired) electrons. The maximum Gasteiger partial charge on any atom is 0.234 e. The number of rotatable bonds is 5. The fourth-order valence-corrected chi connectivity index (χ4v) is 1.40. The molecule has 0 fully saturated rings. The van der Waals surface area contributed by atoms with Gasteiger partial charge in [0.05, 0.1) is 6.04 Å². The maximum absolute atomic E-state index is 10.8. The largest absolute Gasteiger partial charge is 0.368 e. The molecule has 0 spiro atoms. The second kappa shape index (κ2) is 5.51. The first kappa shape index (κ1) is 11.7. The van der Waals surface area contributed by atoms with Crippen molar-refractivity contribution < 1.29 is 4.79 Å². The molecular weight excluding hydrogens is 188 g/mol. The van der Waals surface area contributed by atoms with Crippen LogP contribution in [0.25, 0.3) is 0 Å². The van der Waals surface area contributed by atoms with Gasteiger partial charge in [-0.2, -0.15) is 0 Å². The van der Waals surface area contributed by atoms with E-state index in [-0.39, 0.29) is 11.9 Å². The Morgan fingerprint density at radius 3 is 2.87 bits per heavy atom. The monoisotopic (exact) mass is 206 g/mol. The summed E-state index contributed by atoms with van der Waals surface area (Å²) in [5.41, 5.74) is 7.67. The van der Waals surface area contributed by atoms with Crippen LogP contribution in [-0.2, 0) is 11.2 Å². The van der Waals surface area contributed by atoms with E-state index in [4.69, 9.17) is 5.73 Å². The number of nitrogens with one attached hydrogen (secondary N) is 1. The lowest BCUT2D eigenvalue weighted by Crippen LogP contribution is -2.39. The van der Waals surface area contributed by atoms with Crippen LogP contribution in [0.2, 0.25) is 0 Å². The number of primary amides is 1. The molecule has 15 heavy (non-hydrogen) atoms. The van der Waals surface area contributed by atoms with E-state index in [1.807, 2.05) is 6.07 Å². The van der Waals surface area contributed by atoms with Crippen LogP contribution in [0.3, 0.4) is 0 Å². The van der Waals surface area contributed by atoms with E-state index in [9.17, 15) is 4.79 Å². The van der Waals surface area contributed by atoms with Crippen LogP contribution in [0.1, 0.15) is 18.1 Å². The molecular formula is C12H18N2O. The number of benzene rings is 1. The first-order valence-electron chi connectivity index (χ1n) is 5.18. The normalized spacial score (nSPS) is 12.4. The van der Waals surface area contributed by atoms with Crippen LogP contribution < -0.4 is 11.1 Å². The molecule has 82 valence electrons. The van der Waals surface area contributed by atoms with E-state index in [1.54, 1.807) is 6.92 Å². The van der Waals surface area contributed by atoms with Gasteiger partial charge in [-0.1, -0.05) is 29.8 Å². The van der Waals surface area contributed by atoms with Gasteiger partial charge >= 0.3 is 0 Å². The van der Waals surface area contributed by atoms with Crippen LogP contribution >= 0.6 is 0 Å². The topological polar surface area (TPSA) is 55.1 Å². The lowest BCUT2D eigenvalue weighted by molar-refractivity contribution is -0.119. The number of carbonyl (C=O) groups is 1. The summed E-state index contributed by atoms with van der Waals surface area (Å²) in [5.74, 6) is -0.306. The predicted octanol–water partition coefficient (Wildman–Crippen LogP) is 1.00. The van der Waals surface area contributed by atoms with Crippen LogP contribution in [0, 0.1) is 6.92 Å². The Morgan fingerprint density at radius 2 is 2.27 bits per heavy atom. The van der Waals surface area contributed by atoms with Crippen LogP contribution in [0.15, 0.2) is 24.3 Å². The van der Waals surface area contributed by atoms with E-state index in [2.05, 4.69) is 30.4 Å². The Bertz CT molecular complexity index is 336. The highest BCUT2D eigenvalue weighted by Gasteiger charge is 2.06. The summed E-state index contributed by atoms with van der Waals surface area (Å²) in [6, 6.07) is 8.10. The van der Waals surface area contributed by atoms with E-state index in [0.717, 1.165) is 13.0 Å². The second-order valence-corrected chi connectivity index (χ2v) is 3.82. The molecule has 1 atom stereocenters. The van der Waals surface area contributed by atoms with Crippen LogP contribution in [-0.4, -0.2) is 18.5 Å². The minimum atomic E-state index is -0.306. The summed E-state index contributed by atoms with van der Waals surface area (Å²) >= 11 is 0. The molecule has 0 heterocycles. The van der Waals surface area contributed by atoms with Gasteiger partial charge in [0.15, 0.2) is 0 Å². The summed E-state index contributed by atoms with van der Waals surface area (Å²) in [5, 5.41) is 3.08. The zero-order valence-electron chi connectivity index (χ0n) is 9.29. The van der Waals surface area contributed by atoms with Crippen molar-refractivity contribution in [3.63, 3.8) is 0 Å². The molecule has 0 bridgehead atoms. The molecule has 3 heteroatoms. The molecule has 1 aromatic carbocycles. The van der Waals surface area contributed by atoms with Gasteiger partial charge in [0.1, 0.15) is 0 Å². The lowest BCUT2D eigenvalue weighted by atomic mass is 10.1. The highest BCUT2D eigenvalue weighted by atomic mass is 16.1. The van der Waals surface area contributed by atoms with Crippen LogP contribution in [0.5, 0.6) is 0 Å². The summed E-state index contributed by atoms with van der Waals surface area (Å²) in [6.45, 7) is 4.62. The Kier molecular flexibility index (Phi) is 4.31. The van der Waals surface area contributed by atoms with Gasteiger partial charge in [0, 0.05) is 0 Å². The van der Waals surface area contributed by atoms with Crippen molar-refractivity contribution >= 4 is 5.91 Å². The Labute approximate surface area is 90.7 Å². The first-order chi connectivity index (χ1) is 7.09. The number of amides is 1. The lowest BCUT2D eigenvalue weighted by Gasteiger charge is -2.09. The van der Waals surface area contributed by atoms with Crippen LogP contribution in [0.4, 0.5) is 0 Å². The average molecular weight is 206 g/mol. The first-order valence-corrected chi connectivity index (χ1v) is 5.18. The molecule has 0 aromatic heterocycles. The molecule has 3 N–H and O–H groups in total. The van der Waals surface area contributed by atoms with Crippen molar-refractivity contribution in [3.05, 3.63) is 35.4 Å². The highest BCUT2D eigenvalue weighted by molar-refractivity contribution is 5.79. The fraction of sp³-hybridized carbons (Fsp3) is 0.417. The van der Waals surface area contributed by atoms with Gasteiger partial charge in [-0.15, -0.1) is 0 Å². The molecule has 1 rings (SSSR count). The third-order valence-corrected chi connectivity index (χ3v) is 2.37. The standard InChI is InChI=1S/C12H18N2O/c1-9-4-3-5-11(8-9)6-7-14-10(2)12(13)15/h3-5,8,10,14H,6-7H2,1-2H3,(H2,13,15). The molecule has 0 saturated carbocycles. The van der Waals surface area contributed by atoms with Gasteiger partial charge in [-0.3, -0.25) is 4.79 Å². The number of hydrogen-bond donors (Lipinski definition) is 2. The SMILES string of the molecule is Cc1cccc(CCNC(C)C(N)=O)c1. The molecule has 3 nitrogen and oxygen atoms in total. The number of aryl methyl sites for hydroxylation is 1. The fourth-order valence-electron chi connectivity index (χ4n) is 1.40. The number of nitrogens with two attached hydrogens (primary N) is 1. The quantitative estimate of drug-likeness (QED) is 0.755. The Morgan fingerprint density at radius 1 is 1.53 bits per heavy atom. The minimum absolute atomic E-state index is 0.255. The van der Waals surface area contributed by atoms with Gasteiger partial charge in [-0.25, -0.2) is 0 Å². The van der Waals surface area contributed by atoms with E-state index in [1.165, 1.54) is 11.1 Å². The zero-order chi connectivity index (χ0) is 11.3. The van der Waals surface area contributed by atoms with E-state index >= 15 is 0 Å². The van der Waals surface area contributed by atoms with Crippen molar-refractivity contribution in [2.24, 2.45) is 5.73 Å². The summed E-state index contributed by atoms with van der Waals surface area (Å²) in [7, 11) is 0. The van der Waals surface area contributed by atoms with Crippen molar-refractivity contribution in [1.82, 2.24) is 5.32 Å². The molecule has 0 aliphatic heterocycles. The van der Waals surface area contributed by atoms with Gasteiger partial charge in [-0.05, 0) is 32.4 Å². The smallest absolute Gasteiger partial charge is 0.234 e. The molecule has 0 aliphatic rings. The van der Waals surface area contributed by atoms with Gasteiger partial charge in [0.2, 0.25) is 5.91 Å². The maximum atomic E-state index is 10.8. The Balaban J connectivity index is 2.35. The van der Waals surface area contributed by atoms with Crippen molar-refractivity contribution in [2.75, 3.05) is 6.54 Å². The predicted molar refractivity (Wildman–Crippen MR) is 61.5 cm³/mol. The molecule has 0 saturated heterocycles. The molecule has 1 unspecified atom stereocenters. The molecule has 1 aromatic rings. The average Bonchev–Trinajstić information content (AvgIpc) is 2.17. The zero-order valence-corrected chi connectivity index (χ0v) is 9.29. The summed E-state index contributed by atoms with van der Waals surface area (Å²) < 4.78 is 0. The molecule has 1 amide bonds. The van der Waals surface area contributed by atoms with E-state index in [0.29, 0.717) is 0 Å².